The quantitative estimate of drug-likeness (QED) is 0.178. The first-order chi connectivity index (χ1) is 17.7. The van der Waals surface area contributed by atoms with Gasteiger partial charge in [0, 0.05) is 5.56 Å². The summed E-state index contributed by atoms with van der Waals surface area (Å²) in [5.74, 6) is 2.37. The Balaban J connectivity index is 1.37. The van der Waals surface area contributed by atoms with Gasteiger partial charge in [-0.1, -0.05) is 127 Å². The monoisotopic (exact) mass is 486 g/mol. The molecule has 194 valence electrons. The number of benzene rings is 2. The summed E-state index contributed by atoms with van der Waals surface area (Å²) < 4.78 is 5.86. The van der Waals surface area contributed by atoms with Gasteiger partial charge in [0.25, 0.3) is 0 Å². The minimum Gasteiger partial charge on any atom is -0.490 e. The number of rotatable bonds is 17. The van der Waals surface area contributed by atoms with Crippen molar-refractivity contribution in [2.24, 2.45) is 5.92 Å². The van der Waals surface area contributed by atoms with Crippen molar-refractivity contribution in [3.05, 3.63) is 66.5 Å². The van der Waals surface area contributed by atoms with Crippen molar-refractivity contribution in [3.8, 4) is 28.3 Å². The van der Waals surface area contributed by atoms with Gasteiger partial charge in [0.2, 0.25) is 0 Å². The van der Waals surface area contributed by atoms with Crippen LogP contribution in [0.5, 0.6) is 5.75 Å². The molecule has 3 rings (SSSR count). The van der Waals surface area contributed by atoms with E-state index in [2.05, 4.69) is 79.3 Å². The maximum Gasteiger partial charge on any atom is 0.159 e. The highest BCUT2D eigenvalue weighted by Crippen LogP contribution is 2.24. The molecule has 3 nitrogen and oxygen atoms in total. The van der Waals surface area contributed by atoms with Gasteiger partial charge in [-0.3, -0.25) is 0 Å². The summed E-state index contributed by atoms with van der Waals surface area (Å²) in [7, 11) is 0. The lowest BCUT2D eigenvalue weighted by molar-refractivity contribution is 0.302. The Morgan fingerprint density at radius 1 is 0.667 bits per heavy atom. The first-order valence-electron chi connectivity index (χ1n) is 14.3. The summed E-state index contributed by atoms with van der Waals surface area (Å²) in [5, 5.41) is 0. The van der Waals surface area contributed by atoms with E-state index in [1.807, 2.05) is 0 Å². The van der Waals surface area contributed by atoms with Crippen LogP contribution in [0.25, 0.3) is 22.5 Å². The second-order valence-corrected chi connectivity index (χ2v) is 10.2. The van der Waals surface area contributed by atoms with Gasteiger partial charge in [0.15, 0.2) is 11.6 Å². The van der Waals surface area contributed by atoms with Crippen LogP contribution in [0.15, 0.2) is 60.9 Å². The first-order valence-corrected chi connectivity index (χ1v) is 14.3. The third-order valence-corrected chi connectivity index (χ3v) is 7.18. The van der Waals surface area contributed by atoms with Crippen LogP contribution in [0, 0.1) is 5.92 Å². The molecule has 0 aliphatic rings. The van der Waals surface area contributed by atoms with E-state index in [1.165, 1.54) is 87.3 Å². The zero-order valence-electron chi connectivity index (χ0n) is 22.8. The molecule has 0 saturated heterocycles. The molecular weight excluding hydrogens is 440 g/mol. The Bertz CT molecular complexity index is 964. The van der Waals surface area contributed by atoms with Gasteiger partial charge < -0.3 is 4.74 Å². The molecule has 0 amide bonds. The maximum atomic E-state index is 5.86. The molecule has 0 bridgehead atoms. The molecule has 1 aromatic heterocycles. The van der Waals surface area contributed by atoms with Crippen LogP contribution >= 0.6 is 0 Å². The Labute approximate surface area is 219 Å². The molecule has 0 spiro atoms. The fraction of sp³-hybridized carbons (Fsp3) is 0.515. The molecule has 36 heavy (non-hydrogen) atoms. The molecular formula is C33H46N2O. The Morgan fingerprint density at radius 3 is 1.89 bits per heavy atom. The summed E-state index contributed by atoms with van der Waals surface area (Å²) >= 11 is 0. The fourth-order valence-electron chi connectivity index (χ4n) is 4.49. The molecule has 0 unspecified atom stereocenters. The van der Waals surface area contributed by atoms with Crippen LogP contribution in [0.1, 0.15) is 97.0 Å². The molecule has 0 N–H and O–H groups in total. The summed E-state index contributed by atoms with van der Waals surface area (Å²) in [6.45, 7) is 7.64. The van der Waals surface area contributed by atoms with E-state index in [9.17, 15) is 0 Å². The van der Waals surface area contributed by atoms with E-state index in [-0.39, 0.29) is 0 Å². The summed E-state index contributed by atoms with van der Waals surface area (Å²) in [5.41, 5.74) is 4.91. The molecule has 0 fully saturated rings. The Hall–Kier alpha value is -2.68. The largest absolute Gasteiger partial charge is 0.490 e. The van der Waals surface area contributed by atoms with Crippen molar-refractivity contribution in [1.82, 2.24) is 9.97 Å². The normalized spacial score (nSPS) is 12.0. The number of aromatic nitrogens is 2. The van der Waals surface area contributed by atoms with Crippen LogP contribution < -0.4 is 4.74 Å². The molecule has 1 atom stereocenters. The van der Waals surface area contributed by atoms with E-state index in [0.717, 1.165) is 36.1 Å². The van der Waals surface area contributed by atoms with Gasteiger partial charge in [-0.2, -0.15) is 0 Å². The van der Waals surface area contributed by atoms with Gasteiger partial charge in [-0.25, -0.2) is 9.97 Å². The average molecular weight is 487 g/mol. The van der Waals surface area contributed by atoms with Crippen LogP contribution in [-0.2, 0) is 6.42 Å². The minimum absolute atomic E-state index is 0.734. The summed E-state index contributed by atoms with van der Waals surface area (Å²) in [6, 6.07) is 17.5. The van der Waals surface area contributed by atoms with Crippen LogP contribution in [0.3, 0.4) is 0 Å². The fourth-order valence-corrected chi connectivity index (χ4v) is 4.49. The summed E-state index contributed by atoms with van der Waals surface area (Å²) in [4.78, 5) is 9.06. The molecule has 0 aliphatic carbocycles. The van der Waals surface area contributed by atoms with Crippen molar-refractivity contribution in [2.45, 2.75) is 97.8 Å². The van der Waals surface area contributed by atoms with Gasteiger partial charge in [-0.05, 0) is 41.9 Å². The molecule has 3 heteroatoms. The van der Waals surface area contributed by atoms with E-state index >= 15 is 0 Å². The van der Waals surface area contributed by atoms with Crippen LogP contribution in [0.4, 0.5) is 0 Å². The molecule has 2 aromatic carbocycles. The van der Waals surface area contributed by atoms with E-state index in [4.69, 9.17) is 4.74 Å². The molecule has 3 aromatic rings. The molecule has 0 aliphatic heterocycles. The number of unbranched alkanes of at least 4 members (excludes halogenated alkanes) is 7. The average Bonchev–Trinajstić information content (AvgIpc) is 2.93. The lowest BCUT2D eigenvalue weighted by Crippen LogP contribution is -1.99. The molecule has 1 heterocycles. The van der Waals surface area contributed by atoms with Crippen LogP contribution in [0.2, 0.25) is 0 Å². The van der Waals surface area contributed by atoms with Crippen molar-refractivity contribution < 1.29 is 4.74 Å². The van der Waals surface area contributed by atoms with E-state index in [1.54, 1.807) is 12.4 Å². The number of aryl methyl sites for hydroxylation is 1. The maximum absolute atomic E-state index is 5.86. The van der Waals surface area contributed by atoms with Crippen molar-refractivity contribution in [1.29, 1.82) is 0 Å². The lowest BCUT2D eigenvalue weighted by atomic mass is 10.00. The van der Waals surface area contributed by atoms with Gasteiger partial charge >= 0.3 is 0 Å². The van der Waals surface area contributed by atoms with Crippen molar-refractivity contribution >= 4 is 0 Å². The Morgan fingerprint density at radius 2 is 1.25 bits per heavy atom. The van der Waals surface area contributed by atoms with E-state index < -0.39 is 0 Å². The van der Waals surface area contributed by atoms with Crippen LogP contribution in [-0.4, -0.2) is 16.6 Å². The smallest absolute Gasteiger partial charge is 0.159 e. The standard InChI is InChI=1S/C33H46N2O/c1-4-6-11-15-28-16-18-29(19-17-28)30-20-22-31(23-21-30)33-34-25-32(26-35-33)36-24-13-10-8-7-9-12-14-27(3)5-2/h16-23,25-27H,4-15,24H2,1-3H3/t27-/m1/s1. The number of hydrogen-bond acceptors (Lipinski definition) is 3. The zero-order valence-corrected chi connectivity index (χ0v) is 22.8. The highest BCUT2D eigenvalue weighted by Gasteiger charge is 2.05. The van der Waals surface area contributed by atoms with Crippen molar-refractivity contribution in [2.75, 3.05) is 6.61 Å². The van der Waals surface area contributed by atoms with Gasteiger partial charge in [0.1, 0.15) is 0 Å². The SMILES string of the molecule is CCCCCc1ccc(-c2ccc(-c3ncc(OCCCCCCCC[C@H](C)CC)cn3)cc2)cc1. The first kappa shape index (κ1) is 27.9. The molecule has 0 saturated carbocycles. The topological polar surface area (TPSA) is 35.0 Å². The number of ether oxygens (including phenoxy) is 1. The number of nitrogens with zero attached hydrogens (tertiary/aromatic N) is 2. The van der Waals surface area contributed by atoms with E-state index in [0.29, 0.717) is 0 Å². The van der Waals surface area contributed by atoms with Gasteiger partial charge in [0.05, 0.1) is 19.0 Å². The predicted octanol–water partition coefficient (Wildman–Crippen LogP) is 9.70. The lowest BCUT2D eigenvalue weighted by Gasteiger charge is -2.08. The third-order valence-electron chi connectivity index (χ3n) is 7.18. The molecule has 0 radical (unpaired) electrons. The third kappa shape index (κ3) is 9.76. The predicted molar refractivity (Wildman–Crippen MR) is 153 cm³/mol. The van der Waals surface area contributed by atoms with Gasteiger partial charge in [-0.15, -0.1) is 0 Å². The van der Waals surface area contributed by atoms with Crippen molar-refractivity contribution in [3.63, 3.8) is 0 Å². The zero-order chi connectivity index (χ0) is 25.4. The Kier molecular flexibility index (Phi) is 12.5. The highest BCUT2D eigenvalue weighted by atomic mass is 16.5. The minimum atomic E-state index is 0.734. The highest BCUT2D eigenvalue weighted by molar-refractivity contribution is 5.67. The number of hydrogen-bond donors (Lipinski definition) is 0. The second kappa shape index (κ2) is 16.1. The summed E-state index contributed by atoms with van der Waals surface area (Å²) in [6.07, 6.45) is 19.0. The second-order valence-electron chi connectivity index (χ2n) is 10.2.